The van der Waals surface area contributed by atoms with Gasteiger partial charge in [-0.15, -0.1) is 5.10 Å². The summed E-state index contributed by atoms with van der Waals surface area (Å²) in [4.78, 5) is 3.80. The van der Waals surface area contributed by atoms with E-state index in [4.69, 9.17) is 5.26 Å². The molecular formula is C11H9N5O2S. The predicted molar refractivity (Wildman–Crippen MR) is 66.4 cm³/mol. The number of benzene rings is 1. The summed E-state index contributed by atoms with van der Waals surface area (Å²) in [6.07, 6.45) is 2.91. The van der Waals surface area contributed by atoms with Gasteiger partial charge in [0.2, 0.25) is 0 Å². The van der Waals surface area contributed by atoms with Crippen molar-refractivity contribution in [1.29, 1.82) is 5.26 Å². The molecule has 0 fully saturated rings. The number of nitrogens with zero attached hydrogens (tertiary/aromatic N) is 4. The van der Waals surface area contributed by atoms with Crippen LogP contribution in [-0.4, -0.2) is 23.6 Å². The molecule has 0 aliphatic carbocycles. The van der Waals surface area contributed by atoms with E-state index >= 15 is 0 Å². The monoisotopic (exact) mass is 275 g/mol. The normalized spacial score (nSPS) is 10.7. The minimum atomic E-state index is -3.74. The number of anilines is 1. The predicted octanol–water partition coefficient (Wildman–Crippen LogP) is 0.738. The van der Waals surface area contributed by atoms with E-state index < -0.39 is 10.0 Å². The molecule has 2 aromatic rings. The lowest BCUT2D eigenvalue weighted by Gasteiger charge is -2.05. The zero-order valence-electron chi connectivity index (χ0n) is 9.68. The fourth-order valence-corrected chi connectivity index (χ4v) is 2.30. The highest BCUT2D eigenvalue weighted by Gasteiger charge is 2.15. The van der Waals surface area contributed by atoms with Crippen molar-refractivity contribution >= 4 is 16.0 Å². The van der Waals surface area contributed by atoms with E-state index in [0.29, 0.717) is 0 Å². The Kier molecular flexibility index (Phi) is 3.68. The van der Waals surface area contributed by atoms with Crippen molar-refractivity contribution in [1.82, 2.24) is 15.2 Å². The quantitative estimate of drug-likeness (QED) is 0.881. The second kappa shape index (κ2) is 5.41. The summed E-state index contributed by atoms with van der Waals surface area (Å²) in [5.74, 6) is -0.0939. The number of aromatic nitrogens is 3. The molecule has 0 amide bonds. The van der Waals surface area contributed by atoms with Crippen LogP contribution in [0.4, 0.5) is 5.95 Å². The molecule has 8 heteroatoms. The molecule has 0 saturated heterocycles. The third-order valence-corrected chi connectivity index (χ3v) is 3.57. The highest BCUT2D eigenvalue weighted by Crippen LogP contribution is 2.13. The lowest BCUT2D eigenvalue weighted by atomic mass is 10.2. The average Bonchev–Trinajstić information content (AvgIpc) is 2.40. The van der Waals surface area contributed by atoms with Gasteiger partial charge < -0.3 is 0 Å². The lowest BCUT2D eigenvalue weighted by molar-refractivity contribution is 0.600. The maximum atomic E-state index is 12.0. The number of nitrogens with one attached hydrogen (secondary N) is 1. The highest BCUT2D eigenvalue weighted by atomic mass is 32.2. The standard InChI is InChI=1S/C11H9N5O2S/c12-6-5-9-1-3-10(4-2-9)19(17,18)16-11-13-7-8-14-15-11/h1-4,7-8H,5H2,(H,13,15,16). The van der Waals surface area contributed by atoms with Crippen LogP contribution in [0, 0.1) is 11.3 Å². The molecular weight excluding hydrogens is 266 g/mol. The fourth-order valence-electron chi connectivity index (χ4n) is 1.35. The molecule has 19 heavy (non-hydrogen) atoms. The van der Waals surface area contributed by atoms with Gasteiger partial charge in [-0.2, -0.15) is 10.4 Å². The van der Waals surface area contributed by atoms with Crippen molar-refractivity contribution in [2.24, 2.45) is 0 Å². The van der Waals surface area contributed by atoms with E-state index in [1.165, 1.54) is 24.5 Å². The lowest BCUT2D eigenvalue weighted by Crippen LogP contribution is -2.15. The van der Waals surface area contributed by atoms with Gasteiger partial charge in [0.15, 0.2) is 0 Å². The van der Waals surface area contributed by atoms with Crippen molar-refractivity contribution in [3.05, 3.63) is 42.2 Å². The molecule has 96 valence electrons. The van der Waals surface area contributed by atoms with E-state index in [0.717, 1.165) is 5.56 Å². The molecule has 0 unspecified atom stereocenters. The third-order valence-electron chi connectivity index (χ3n) is 2.23. The summed E-state index contributed by atoms with van der Waals surface area (Å²) in [5, 5.41) is 15.6. The zero-order chi connectivity index (χ0) is 13.7. The number of sulfonamides is 1. The Morgan fingerprint density at radius 2 is 1.95 bits per heavy atom. The third kappa shape index (κ3) is 3.23. The Morgan fingerprint density at radius 3 is 2.53 bits per heavy atom. The molecule has 1 aromatic heterocycles. The van der Waals surface area contributed by atoms with E-state index in [1.807, 2.05) is 6.07 Å². The molecule has 0 radical (unpaired) electrons. The van der Waals surface area contributed by atoms with E-state index in [-0.39, 0.29) is 17.3 Å². The Morgan fingerprint density at radius 1 is 1.21 bits per heavy atom. The van der Waals surface area contributed by atoms with Gasteiger partial charge in [0.05, 0.1) is 29.8 Å². The van der Waals surface area contributed by atoms with E-state index in [9.17, 15) is 8.42 Å². The Labute approximate surface area is 110 Å². The van der Waals surface area contributed by atoms with Gasteiger partial charge in [0.25, 0.3) is 16.0 Å². The average molecular weight is 275 g/mol. The van der Waals surface area contributed by atoms with Crippen LogP contribution in [0.15, 0.2) is 41.6 Å². The Bertz CT molecular complexity index is 692. The van der Waals surface area contributed by atoms with Gasteiger partial charge >= 0.3 is 0 Å². The second-order valence-corrected chi connectivity index (χ2v) is 5.23. The summed E-state index contributed by atoms with van der Waals surface area (Å²) in [5.41, 5.74) is 0.749. The van der Waals surface area contributed by atoms with Gasteiger partial charge in [-0.25, -0.2) is 18.1 Å². The summed E-state index contributed by atoms with van der Waals surface area (Å²) < 4.78 is 26.2. The summed E-state index contributed by atoms with van der Waals surface area (Å²) >= 11 is 0. The number of hydrogen-bond acceptors (Lipinski definition) is 6. The summed E-state index contributed by atoms with van der Waals surface area (Å²) in [6.45, 7) is 0. The minimum Gasteiger partial charge on any atom is -0.246 e. The maximum Gasteiger partial charge on any atom is 0.264 e. The number of hydrogen-bond donors (Lipinski definition) is 1. The van der Waals surface area contributed by atoms with Crippen molar-refractivity contribution in [3.63, 3.8) is 0 Å². The topological polar surface area (TPSA) is 109 Å². The summed E-state index contributed by atoms with van der Waals surface area (Å²) in [7, 11) is -3.74. The molecule has 7 nitrogen and oxygen atoms in total. The van der Waals surface area contributed by atoms with Crippen molar-refractivity contribution in [2.45, 2.75) is 11.3 Å². The van der Waals surface area contributed by atoms with Crippen LogP contribution in [0.2, 0.25) is 0 Å². The van der Waals surface area contributed by atoms with Crippen LogP contribution in [-0.2, 0) is 16.4 Å². The second-order valence-electron chi connectivity index (χ2n) is 3.55. The fraction of sp³-hybridized carbons (Fsp3) is 0.0909. The first-order valence-electron chi connectivity index (χ1n) is 5.24. The van der Waals surface area contributed by atoms with E-state index in [2.05, 4.69) is 19.9 Å². The molecule has 0 spiro atoms. The number of nitriles is 1. The summed E-state index contributed by atoms with van der Waals surface area (Å²) in [6, 6.07) is 8.00. The smallest absolute Gasteiger partial charge is 0.246 e. The van der Waals surface area contributed by atoms with Crippen LogP contribution in [0.3, 0.4) is 0 Å². The number of rotatable bonds is 4. The molecule has 1 aromatic carbocycles. The van der Waals surface area contributed by atoms with Crippen molar-refractivity contribution in [3.8, 4) is 6.07 Å². The van der Waals surface area contributed by atoms with E-state index in [1.54, 1.807) is 12.1 Å². The first kappa shape index (κ1) is 12.9. The van der Waals surface area contributed by atoms with Crippen LogP contribution in [0.1, 0.15) is 5.56 Å². The van der Waals surface area contributed by atoms with Crippen LogP contribution in [0.25, 0.3) is 0 Å². The first-order valence-corrected chi connectivity index (χ1v) is 6.72. The maximum absolute atomic E-state index is 12.0. The minimum absolute atomic E-state index is 0.0710. The largest absolute Gasteiger partial charge is 0.264 e. The van der Waals surface area contributed by atoms with Gasteiger partial charge in [0, 0.05) is 0 Å². The molecule has 0 atom stereocenters. The molecule has 1 heterocycles. The van der Waals surface area contributed by atoms with Gasteiger partial charge in [-0.1, -0.05) is 12.1 Å². The van der Waals surface area contributed by atoms with Gasteiger partial charge in [0.1, 0.15) is 0 Å². The zero-order valence-corrected chi connectivity index (χ0v) is 10.5. The van der Waals surface area contributed by atoms with Crippen LogP contribution >= 0.6 is 0 Å². The highest BCUT2D eigenvalue weighted by molar-refractivity contribution is 7.92. The van der Waals surface area contributed by atoms with Crippen LogP contribution in [0.5, 0.6) is 0 Å². The van der Waals surface area contributed by atoms with Crippen molar-refractivity contribution in [2.75, 3.05) is 4.72 Å². The van der Waals surface area contributed by atoms with Crippen molar-refractivity contribution < 1.29 is 8.42 Å². The van der Waals surface area contributed by atoms with Gasteiger partial charge in [-0.3, -0.25) is 0 Å². The molecule has 0 aliphatic rings. The Hall–Kier alpha value is -2.53. The Balaban J connectivity index is 2.23. The molecule has 0 bridgehead atoms. The molecule has 1 N–H and O–H groups in total. The van der Waals surface area contributed by atoms with Gasteiger partial charge in [-0.05, 0) is 17.7 Å². The molecule has 0 saturated carbocycles. The molecule has 0 aliphatic heterocycles. The SMILES string of the molecule is N#CCc1ccc(S(=O)(=O)Nc2nccnn2)cc1. The molecule has 2 rings (SSSR count). The first-order chi connectivity index (χ1) is 9.12. The van der Waals surface area contributed by atoms with Crippen LogP contribution < -0.4 is 4.72 Å².